The van der Waals surface area contributed by atoms with Crippen molar-refractivity contribution in [2.24, 2.45) is 0 Å². The summed E-state index contributed by atoms with van der Waals surface area (Å²) in [5, 5.41) is 56.2. The zero-order valence-electron chi connectivity index (χ0n) is 14.4. The maximum atomic E-state index is 12.5. The molecule has 2 aromatic carbocycles. The number of rotatable bonds is 5. The Morgan fingerprint density at radius 3 is 1.97 bits per heavy atom. The van der Waals surface area contributed by atoms with E-state index in [1.807, 2.05) is 0 Å². The van der Waals surface area contributed by atoms with Gasteiger partial charge in [0.2, 0.25) is 15.6 Å². The molecule has 0 saturated carbocycles. The highest BCUT2D eigenvalue weighted by Gasteiger charge is 2.21. The number of aromatic hydroxyl groups is 4. The van der Waals surface area contributed by atoms with Gasteiger partial charge in [0.25, 0.3) is 0 Å². The van der Waals surface area contributed by atoms with Crippen molar-refractivity contribution < 1.29 is 33.6 Å². The third-order valence-corrected chi connectivity index (χ3v) is 4.96. The Labute approximate surface area is 164 Å². The smallest absolute Gasteiger partial charge is 0.211 e. The van der Waals surface area contributed by atoms with Gasteiger partial charge in [-0.3, -0.25) is 4.79 Å². The fourth-order valence-electron chi connectivity index (χ4n) is 2.13. The SMILES string of the molecule is N#C/C(=C/c1ccc(O)c(O)c1)S(=O)(=O)/C=C(\C#N)C(=O)c1ccc(O)c(O)c1. The minimum atomic E-state index is -4.54. The maximum absolute atomic E-state index is 12.5. The van der Waals surface area contributed by atoms with Crippen LogP contribution in [0.25, 0.3) is 6.08 Å². The minimum absolute atomic E-state index is 0.0714. The summed E-state index contributed by atoms with van der Waals surface area (Å²) in [5.41, 5.74) is -1.01. The van der Waals surface area contributed by atoms with Gasteiger partial charge >= 0.3 is 0 Å². The highest BCUT2D eigenvalue weighted by Crippen LogP contribution is 2.28. The number of nitrogens with zero attached hydrogens (tertiary/aromatic N) is 2. The summed E-state index contributed by atoms with van der Waals surface area (Å²) in [6, 6.07) is 9.13. The van der Waals surface area contributed by atoms with Crippen LogP contribution in [-0.2, 0) is 9.84 Å². The Hall–Kier alpha value is -4.28. The molecule has 2 rings (SSSR count). The van der Waals surface area contributed by atoms with E-state index in [0.29, 0.717) is 5.41 Å². The largest absolute Gasteiger partial charge is 0.504 e. The number of carbonyl (C=O) groups is 1. The highest BCUT2D eigenvalue weighted by atomic mass is 32.2. The van der Waals surface area contributed by atoms with E-state index in [4.69, 9.17) is 0 Å². The van der Waals surface area contributed by atoms with Crippen LogP contribution in [0.3, 0.4) is 0 Å². The molecule has 0 unspecified atom stereocenters. The van der Waals surface area contributed by atoms with Crippen LogP contribution in [0.1, 0.15) is 15.9 Å². The van der Waals surface area contributed by atoms with Gasteiger partial charge in [-0.05, 0) is 42.0 Å². The quantitative estimate of drug-likeness (QED) is 0.247. The number of phenolic OH excluding ortho intramolecular Hbond substituents is 4. The molecule has 0 spiro atoms. The van der Waals surface area contributed by atoms with Gasteiger partial charge in [0.05, 0.1) is 5.41 Å². The lowest BCUT2D eigenvalue weighted by Crippen LogP contribution is -2.06. The second kappa shape index (κ2) is 8.17. The summed E-state index contributed by atoms with van der Waals surface area (Å²) in [7, 11) is -4.54. The van der Waals surface area contributed by atoms with Crippen molar-refractivity contribution in [3.63, 3.8) is 0 Å². The van der Waals surface area contributed by atoms with E-state index in [1.54, 1.807) is 0 Å². The van der Waals surface area contributed by atoms with Gasteiger partial charge in [-0.1, -0.05) is 6.07 Å². The first kappa shape index (κ1) is 21.0. The maximum Gasteiger partial charge on any atom is 0.211 e. The Bertz CT molecular complexity index is 1250. The van der Waals surface area contributed by atoms with Gasteiger partial charge in [0.1, 0.15) is 22.6 Å². The Morgan fingerprint density at radius 2 is 1.45 bits per heavy atom. The fraction of sp³-hybridized carbons (Fsp3) is 0. The van der Waals surface area contributed by atoms with Crippen molar-refractivity contribution in [2.45, 2.75) is 0 Å². The topological polar surface area (TPSA) is 180 Å². The molecule has 0 heterocycles. The summed E-state index contributed by atoms with van der Waals surface area (Å²) in [5.74, 6) is -3.18. The molecule has 0 aliphatic heterocycles. The fourth-order valence-corrected chi connectivity index (χ4v) is 3.15. The Balaban J connectivity index is 2.49. The van der Waals surface area contributed by atoms with Crippen LogP contribution in [0.2, 0.25) is 0 Å². The number of nitriles is 2. The van der Waals surface area contributed by atoms with Gasteiger partial charge in [0.15, 0.2) is 23.0 Å². The van der Waals surface area contributed by atoms with E-state index in [2.05, 4.69) is 0 Å². The third kappa shape index (κ3) is 4.71. The lowest BCUT2D eigenvalue weighted by molar-refractivity contribution is 0.103. The van der Waals surface area contributed by atoms with Crippen LogP contribution in [-0.4, -0.2) is 34.6 Å². The molecular weight excluding hydrogens is 400 g/mol. The Morgan fingerprint density at radius 1 is 0.862 bits per heavy atom. The molecule has 0 aliphatic carbocycles. The Kier molecular flexibility index (Phi) is 5.92. The predicted octanol–water partition coefficient (Wildman–Crippen LogP) is 2.08. The molecule has 2 aromatic rings. The first-order valence-corrected chi connectivity index (χ1v) is 9.21. The molecule has 29 heavy (non-hydrogen) atoms. The summed E-state index contributed by atoms with van der Waals surface area (Å²) in [6.07, 6.45) is 0.886. The van der Waals surface area contributed by atoms with Crippen molar-refractivity contribution in [3.8, 4) is 35.1 Å². The number of phenols is 4. The van der Waals surface area contributed by atoms with E-state index in [0.717, 1.165) is 36.4 Å². The zero-order chi connectivity index (χ0) is 21.8. The average molecular weight is 412 g/mol. The van der Waals surface area contributed by atoms with Crippen molar-refractivity contribution >= 4 is 21.7 Å². The van der Waals surface area contributed by atoms with Crippen LogP contribution in [0.4, 0.5) is 0 Å². The summed E-state index contributed by atoms with van der Waals surface area (Å²) in [6.45, 7) is 0. The van der Waals surface area contributed by atoms with Crippen molar-refractivity contribution in [1.29, 1.82) is 10.5 Å². The number of allylic oxidation sites excluding steroid dienone is 2. The lowest BCUT2D eigenvalue weighted by Gasteiger charge is -2.03. The van der Waals surface area contributed by atoms with E-state index in [1.165, 1.54) is 18.2 Å². The summed E-state index contributed by atoms with van der Waals surface area (Å²) >= 11 is 0. The van der Waals surface area contributed by atoms with E-state index in [-0.39, 0.29) is 11.1 Å². The molecule has 0 amide bonds. The monoisotopic (exact) mass is 412 g/mol. The number of hydrogen-bond acceptors (Lipinski definition) is 9. The van der Waals surface area contributed by atoms with Crippen LogP contribution in [0, 0.1) is 22.7 Å². The minimum Gasteiger partial charge on any atom is -0.504 e. The third-order valence-electron chi connectivity index (χ3n) is 3.59. The normalized spacial score (nSPS) is 12.1. The number of carbonyl (C=O) groups excluding carboxylic acids is 1. The van der Waals surface area contributed by atoms with Crippen molar-refractivity contribution in [1.82, 2.24) is 0 Å². The molecule has 0 bridgehead atoms. The van der Waals surface area contributed by atoms with Gasteiger partial charge in [-0.15, -0.1) is 0 Å². The lowest BCUT2D eigenvalue weighted by atomic mass is 10.1. The van der Waals surface area contributed by atoms with E-state index < -0.39 is 49.1 Å². The van der Waals surface area contributed by atoms with Crippen LogP contribution in [0.5, 0.6) is 23.0 Å². The number of Topliss-reactive ketones (excluding diaryl/α,β-unsaturated/α-hetero) is 1. The molecule has 0 fully saturated rings. The molecule has 146 valence electrons. The molecule has 0 aliphatic rings. The number of hydrogen-bond donors (Lipinski definition) is 4. The van der Waals surface area contributed by atoms with Crippen molar-refractivity contribution in [2.75, 3.05) is 0 Å². The average Bonchev–Trinajstić information content (AvgIpc) is 2.68. The summed E-state index contributed by atoms with van der Waals surface area (Å²) in [4.78, 5) is 11.5. The molecule has 0 atom stereocenters. The van der Waals surface area contributed by atoms with Gasteiger partial charge in [0, 0.05) is 5.56 Å². The predicted molar refractivity (Wildman–Crippen MR) is 100 cm³/mol. The van der Waals surface area contributed by atoms with Gasteiger partial charge in [-0.2, -0.15) is 10.5 Å². The number of benzene rings is 2. The van der Waals surface area contributed by atoms with Crippen molar-refractivity contribution in [3.05, 3.63) is 63.4 Å². The molecule has 9 nitrogen and oxygen atoms in total. The van der Waals surface area contributed by atoms with Crippen LogP contribution >= 0.6 is 0 Å². The van der Waals surface area contributed by atoms with Gasteiger partial charge in [-0.25, -0.2) is 8.42 Å². The molecule has 10 heteroatoms. The zero-order valence-corrected chi connectivity index (χ0v) is 15.3. The van der Waals surface area contributed by atoms with Gasteiger partial charge < -0.3 is 20.4 Å². The molecule has 0 saturated heterocycles. The van der Waals surface area contributed by atoms with Crippen LogP contribution < -0.4 is 0 Å². The standard InChI is InChI=1S/C19H12N2O7S/c20-8-13(19(26)12-2-4-16(23)18(25)7-12)10-29(27,28)14(9-21)5-11-1-3-15(22)17(24)6-11/h1-7,10,22-25H/b13-10+,14-5-. The van der Waals surface area contributed by atoms with E-state index in [9.17, 15) is 44.2 Å². The number of ketones is 1. The second-order valence-corrected chi connectivity index (χ2v) is 7.36. The molecular formula is C19H12N2O7S. The summed E-state index contributed by atoms with van der Waals surface area (Å²) < 4.78 is 24.9. The van der Waals surface area contributed by atoms with E-state index >= 15 is 0 Å². The molecule has 4 N–H and O–H groups in total. The number of sulfone groups is 1. The first-order valence-electron chi connectivity index (χ1n) is 7.66. The molecule has 0 aromatic heterocycles. The highest BCUT2D eigenvalue weighted by molar-refractivity contribution is 7.98. The second-order valence-electron chi connectivity index (χ2n) is 5.59. The first-order chi connectivity index (χ1) is 13.6. The molecule has 0 radical (unpaired) electrons. The van der Waals surface area contributed by atoms with Crippen LogP contribution in [0.15, 0.2) is 52.3 Å².